The molecule has 2 aliphatic rings. The van der Waals surface area contributed by atoms with Crippen LogP contribution in [-0.4, -0.2) is 18.3 Å². The maximum Gasteiger partial charge on any atom is 0.133 e. The number of halogens is 1. The van der Waals surface area contributed by atoms with Crippen LogP contribution in [0.2, 0.25) is 0 Å². The highest BCUT2D eigenvalue weighted by molar-refractivity contribution is 9.10. The molecule has 0 radical (unpaired) electrons. The average Bonchev–Trinajstić information content (AvgIpc) is 2.50. The van der Waals surface area contributed by atoms with Gasteiger partial charge in [0.2, 0.25) is 0 Å². The predicted octanol–water partition coefficient (Wildman–Crippen LogP) is 4.17. The van der Waals surface area contributed by atoms with E-state index in [2.05, 4.69) is 15.9 Å². The Morgan fingerprint density at radius 1 is 1.29 bits per heavy atom. The molecule has 0 bridgehead atoms. The second-order valence-electron chi connectivity index (χ2n) is 6.29. The predicted molar refractivity (Wildman–Crippen MR) is 87.5 cm³/mol. The number of hydrogen-bond acceptors (Lipinski definition) is 3. The molecule has 21 heavy (non-hydrogen) atoms. The molecule has 1 atom stereocenters. The van der Waals surface area contributed by atoms with E-state index in [1.165, 1.54) is 32.1 Å². The molecular formula is C17H24BrNO2. The Morgan fingerprint density at radius 2 is 2.10 bits per heavy atom. The molecule has 1 unspecified atom stereocenters. The number of hydrogen-bond donors (Lipinski definition) is 1. The van der Waals surface area contributed by atoms with Crippen molar-refractivity contribution in [3.63, 3.8) is 0 Å². The third-order valence-corrected chi connectivity index (χ3v) is 5.36. The third kappa shape index (κ3) is 3.61. The summed E-state index contributed by atoms with van der Waals surface area (Å²) in [6, 6.07) is 6.11. The van der Waals surface area contributed by atoms with Gasteiger partial charge in [-0.1, -0.05) is 25.3 Å². The van der Waals surface area contributed by atoms with Gasteiger partial charge in [-0.2, -0.15) is 0 Å². The Kier molecular flexibility index (Phi) is 4.87. The van der Waals surface area contributed by atoms with Crippen LogP contribution >= 0.6 is 15.9 Å². The molecule has 1 aromatic carbocycles. The van der Waals surface area contributed by atoms with Crippen molar-refractivity contribution in [3.05, 3.63) is 28.2 Å². The first kappa shape index (κ1) is 15.3. The first-order chi connectivity index (χ1) is 10.2. The van der Waals surface area contributed by atoms with Gasteiger partial charge in [-0.3, -0.25) is 0 Å². The summed E-state index contributed by atoms with van der Waals surface area (Å²) < 4.78 is 13.4. The van der Waals surface area contributed by atoms with Crippen molar-refractivity contribution < 1.29 is 9.47 Å². The summed E-state index contributed by atoms with van der Waals surface area (Å²) in [5.74, 6) is 0.921. The molecule has 0 amide bonds. The topological polar surface area (TPSA) is 44.5 Å². The van der Waals surface area contributed by atoms with Crippen LogP contribution in [0.5, 0.6) is 5.75 Å². The molecule has 1 saturated heterocycles. The molecule has 1 aliphatic carbocycles. The lowest BCUT2D eigenvalue weighted by Crippen LogP contribution is -2.45. The van der Waals surface area contributed by atoms with Crippen molar-refractivity contribution in [2.24, 2.45) is 5.73 Å². The number of nitrogens with two attached hydrogens (primary N) is 1. The van der Waals surface area contributed by atoms with Crippen LogP contribution < -0.4 is 10.5 Å². The molecule has 116 valence electrons. The van der Waals surface area contributed by atoms with Crippen LogP contribution in [0.3, 0.4) is 0 Å². The second kappa shape index (κ2) is 6.67. The SMILES string of the molecule is NCc1ccc(OC2CCOC3(CCCCC3)C2)c(Br)c1. The molecule has 1 aliphatic heterocycles. The largest absolute Gasteiger partial charge is 0.489 e. The summed E-state index contributed by atoms with van der Waals surface area (Å²) in [7, 11) is 0. The highest BCUT2D eigenvalue weighted by Crippen LogP contribution is 2.40. The van der Waals surface area contributed by atoms with E-state index >= 15 is 0 Å². The number of rotatable bonds is 3. The fourth-order valence-electron chi connectivity index (χ4n) is 3.57. The summed E-state index contributed by atoms with van der Waals surface area (Å²) in [6.07, 6.45) is 8.59. The van der Waals surface area contributed by atoms with Gasteiger partial charge >= 0.3 is 0 Å². The molecule has 2 fully saturated rings. The van der Waals surface area contributed by atoms with Gasteiger partial charge in [-0.15, -0.1) is 0 Å². The van der Waals surface area contributed by atoms with E-state index in [1.807, 2.05) is 18.2 Å². The van der Waals surface area contributed by atoms with E-state index in [1.54, 1.807) is 0 Å². The van der Waals surface area contributed by atoms with Crippen molar-refractivity contribution in [1.29, 1.82) is 0 Å². The molecule has 2 N–H and O–H groups in total. The Balaban J connectivity index is 1.67. The first-order valence-corrected chi connectivity index (χ1v) is 8.79. The zero-order valence-electron chi connectivity index (χ0n) is 12.4. The summed E-state index contributed by atoms with van der Waals surface area (Å²) in [5, 5.41) is 0. The summed E-state index contributed by atoms with van der Waals surface area (Å²) in [6.45, 7) is 1.38. The van der Waals surface area contributed by atoms with Crippen molar-refractivity contribution in [1.82, 2.24) is 0 Å². The Hall–Kier alpha value is -0.580. The minimum Gasteiger partial charge on any atom is -0.489 e. The maximum atomic E-state index is 6.25. The van der Waals surface area contributed by atoms with E-state index in [4.69, 9.17) is 15.2 Å². The van der Waals surface area contributed by atoms with Gasteiger partial charge in [-0.25, -0.2) is 0 Å². The first-order valence-electron chi connectivity index (χ1n) is 8.00. The Bertz CT molecular complexity index is 480. The summed E-state index contributed by atoms with van der Waals surface area (Å²) in [4.78, 5) is 0. The Morgan fingerprint density at radius 3 is 2.81 bits per heavy atom. The van der Waals surface area contributed by atoms with Crippen LogP contribution in [0.15, 0.2) is 22.7 Å². The molecule has 0 aromatic heterocycles. The highest BCUT2D eigenvalue weighted by Gasteiger charge is 2.39. The molecule has 3 rings (SSSR count). The molecule has 1 aromatic rings. The van der Waals surface area contributed by atoms with Gasteiger partial charge in [0.15, 0.2) is 0 Å². The Labute approximate surface area is 135 Å². The molecule has 1 heterocycles. The quantitative estimate of drug-likeness (QED) is 0.886. The van der Waals surface area contributed by atoms with E-state index in [0.29, 0.717) is 6.54 Å². The van der Waals surface area contributed by atoms with E-state index < -0.39 is 0 Å². The zero-order valence-corrected chi connectivity index (χ0v) is 14.0. The molecule has 1 spiro atoms. The summed E-state index contributed by atoms with van der Waals surface area (Å²) >= 11 is 3.59. The summed E-state index contributed by atoms with van der Waals surface area (Å²) in [5.41, 5.74) is 6.87. The van der Waals surface area contributed by atoms with Gasteiger partial charge in [-0.05, 0) is 46.5 Å². The lowest BCUT2D eigenvalue weighted by molar-refractivity contribution is -0.129. The van der Waals surface area contributed by atoms with Crippen molar-refractivity contribution in [2.75, 3.05) is 6.61 Å². The lowest BCUT2D eigenvalue weighted by Gasteiger charge is -2.43. The van der Waals surface area contributed by atoms with Crippen LogP contribution in [0.4, 0.5) is 0 Å². The number of benzene rings is 1. The van der Waals surface area contributed by atoms with Gasteiger partial charge in [0.05, 0.1) is 16.7 Å². The van der Waals surface area contributed by atoms with Gasteiger partial charge in [0.25, 0.3) is 0 Å². The zero-order chi connectivity index (χ0) is 14.7. The smallest absolute Gasteiger partial charge is 0.133 e. The molecular weight excluding hydrogens is 330 g/mol. The van der Waals surface area contributed by atoms with Crippen molar-refractivity contribution >= 4 is 15.9 Å². The van der Waals surface area contributed by atoms with Crippen LogP contribution in [0.25, 0.3) is 0 Å². The van der Waals surface area contributed by atoms with Gasteiger partial charge < -0.3 is 15.2 Å². The van der Waals surface area contributed by atoms with Gasteiger partial charge in [0, 0.05) is 19.4 Å². The molecule has 3 nitrogen and oxygen atoms in total. The van der Waals surface area contributed by atoms with E-state index in [9.17, 15) is 0 Å². The lowest BCUT2D eigenvalue weighted by atomic mass is 9.79. The van der Waals surface area contributed by atoms with E-state index in [-0.39, 0.29) is 11.7 Å². The maximum absolute atomic E-state index is 6.25. The molecule has 1 saturated carbocycles. The fraction of sp³-hybridized carbons (Fsp3) is 0.647. The van der Waals surface area contributed by atoms with Crippen molar-refractivity contribution in [3.8, 4) is 5.75 Å². The normalized spacial score (nSPS) is 25.0. The van der Waals surface area contributed by atoms with Crippen molar-refractivity contribution in [2.45, 2.75) is 63.2 Å². The van der Waals surface area contributed by atoms with Crippen LogP contribution in [-0.2, 0) is 11.3 Å². The minimum absolute atomic E-state index is 0.0881. The average molecular weight is 354 g/mol. The van der Waals surface area contributed by atoms with Crippen LogP contribution in [0.1, 0.15) is 50.5 Å². The number of ether oxygens (including phenoxy) is 2. The highest BCUT2D eigenvalue weighted by atomic mass is 79.9. The molecule has 4 heteroatoms. The standard InChI is InChI=1S/C17H24BrNO2/c18-15-10-13(12-19)4-5-16(15)21-14-6-9-20-17(11-14)7-2-1-3-8-17/h4-5,10,14H,1-3,6-9,11-12,19H2. The fourth-order valence-corrected chi connectivity index (χ4v) is 4.09. The van der Waals surface area contributed by atoms with E-state index in [0.717, 1.165) is 35.2 Å². The minimum atomic E-state index is 0.0881. The second-order valence-corrected chi connectivity index (χ2v) is 7.15. The monoisotopic (exact) mass is 353 g/mol. The van der Waals surface area contributed by atoms with Crippen LogP contribution in [0, 0.1) is 0 Å². The van der Waals surface area contributed by atoms with Gasteiger partial charge in [0.1, 0.15) is 11.9 Å². The third-order valence-electron chi connectivity index (χ3n) is 4.74.